The molecule has 4 heteroatoms. The fourth-order valence-electron chi connectivity index (χ4n) is 1.40. The fraction of sp³-hybridized carbons (Fsp3) is 0.444. The molecule has 1 aliphatic heterocycles. The SMILES string of the molecule is COC1(OC)C(C=O)=CC=CN1C. The molecule has 0 aromatic rings. The average Bonchev–Trinajstić information content (AvgIpc) is 2.18. The monoisotopic (exact) mass is 183 g/mol. The zero-order chi connectivity index (χ0) is 9.90. The molecule has 1 heterocycles. The number of allylic oxidation sites excluding steroid dienone is 2. The summed E-state index contributed by atoms with van der Waals surface area (Å²) in [7, 11) is 4.77. The van der Waals surface area contributed by atoms with Gasteiger partial charge >= 0.3 is 0 Å². The van der Waals surface area contributed by atoms with Gasteiger partial charge in [-0.2, -0.15) is 0 Å². The van der Waals surface area contributed by atoms with Crippen molar-refractivity contribution in [1.29, 1.82) is 0 Å². The Bertz CT molecular complexity index is 254. The van der Waals surface area contributed by atoms with Crippen LogP contribution >= 0.6 is 0 Å². The van der Waals surface area contributed by atoms with Crippen molar-refractivity contribution in [2.24, 2.45) is 0 Å². The largest absolute Gasteiger partial charge is 0.332 e. The molecule has 0 amide bonds. The Morgan fingerprint density at radius 3 is 2.46 bits per heavy atom. The van der Waals surface area contributed by atoms with Crippen LogP contribution in [0.3, 0.4) is 0 Å². The number of rotatable bonds is 3. The van der Waals surface area contributed by atoms with Crippen LogP contribution in [0.15, 0.2) is 23.9 Å². The van der Waals surface area contributed by atoms with E-state index in [1.54, 1.807) is 30.3 Å². The predicted molar refractivity (Wildman–Crippen MR) is 47.8 cm³/mol. The zero-order valence-corrected chi connectivity index (χ0v) is 7.98. The lowest BCUT2D eigenvalue weighted by Crippen LogP contribution is -2.50. The van der Waals surface area contributed by atoms with Gasteiger partial charge in [0, 0.05) is 27.5 Å². The van der Waals surface area contributed by atoms with Gasteiger partial charge in [-0.1, -0.05) is 0 Å². The molecule has 0 aliphatic carbocycles. The molecule has 1 rings (SSSR count). The Morgan fingerprint density at radius 2 is 2.08 bits per heavy atom. The molecule has 0 saturated heterocycles. The molecule has 4 nitrogen and oxygen atoms in total. The van der Waals surface area contributed by atoms with Gasteiger partial charge in [-0.25, -0.2) is 0 Å². The second-order valence-electron chi connectivity index (χ2n) is 2.68. The molecule has 0 unspecified atom stereocenters. The van der Waals surface area contributed by atoms with Crippen LogP contribution in [0.4, 0.5) is 0 Å². The molecule has 0 saturated carbocycles. The smallest absolute Gasteiger partial charge is 0.282 e. The number of carbonyl (C=O) groups is 1. The summed E-state index contributed by atoms with van der Waals surface area (Å²) in [4.78, 5) is 12.4. The summed E-state index contributed by atoms with van der Waals surface area (Å²) >= 11 is 0. The lowest BCUT2D eigenvalue weighted by Gasteiger charge is -2.39. The molecular formula is C9H13NO3. The molecular weight excluding hydrogens is 170 g/mol. The number of hydrogen-bond donors (Lipinski definition) is 0. The maximum atomic E-state index is 10.8. The van der Waals surface area contributed by atoms with Gasteiger partial charge in [0.05, 0.1) is 5.57 Å². The lowest BCUT2D eigenvalue weighted by molar-refractivity contribution is -0.248. The van der Waals surface area contributed by atoms with Gasteiger partial charge in [0.25, 0.3) is 5.91 Å². The van der Waals surface area contributed by atoms with E-state index in [0.717, 1.165) is 6.29 Å². The third-order valence-electron chi connectivity index (χ3n) is 2.09. The molecule has 1 aliphatic rings. The summed E-state index contributed by atoms with van der Waals surface area (Å²) in [5.41, 5.74) is 0.447. The molecule has 0 atom stereocenters. The number of nitrogens with zero attached hydrogens (tertiary/aromatic N) is 1. The molecule has 0 aromatic carbocycles. The van der Waals surface area contributed by atoms with Crippen LogP contribution in [0.1, 0.15) is 0 Å². The Kier molecular flexibility index (Phi) is 2.85. The number of likely N-dealkylation sites (N-methyl/N-ethyl adjacent to an activating group) is 1. The summed E-state index contributed by atoms with van der Waals surface area (Å²) in [6.07, 6.45) is 5.94. The van der Waals surface area contributed by atoms with Gasteiger partial charge in [-0.3, -0.25) is 4.79 Å². The average molecular weight is 183 g/mol. The molecule has 0 spiro atoms. The molecule has 0 aromatic heterocycles. The van der Waals surface area contributed by atoms with E-state index in [9.17, 15) is 4.79 Å². The lowest BCUT2D eigenvalue weighted by atomic mass is 10.1. The van der Waals surface area contributed by atoms with E-state index in [4.69, 9.17) is 9.47 Å². The van der Waals surface area contributed by atoms with E-state index in [-0.39, 0.29) is 0 Å². The highest BCUT2D eigenvalue weighted by molar-refractivity contribution is 5.76. The first kappa shape index (κ1) is 9.95. The van der Waals surface area contributed by atoms with Crippen molar-refractivity contribution in [3.63, 3.8) is 0 Å². The third-order valence-corrected chi connectivity index (χ3v) is 2.09. The molecule has 0 bridgehead atoms. The summed E-state index contributed by atoms with van der Waals surface area (Å²) < 4.78 is 10.4. The normalized spacial score (nSPS) is 19.9. The standard InChI is InChI=1S/C9H13NO3/c1-10-6-4-5-8(7-11)9(10,12-2)13-3/h4-7H,1-3H3. The molecule has 13 heavy (non-hydrogen) atoms. The number of ether oxygens (including phenoxy) is 2. The van der Waals surface area contributed by atoms with Gasteiger partial charge in [-0.05, 0) is 12.2 Å². The van der Waals surface area contributed by atoms with Crippen molar-refractivity contribution in [1.82, 2.24) is 4.90 Å². The van der Waals surface area contributed by atoms with Gasteiger partial charge in [0.2, 0.25) is 0 Å². The van der Waals surface area contributed by atoms with E-state index in [1.807, 2.05) is 0 Å². The first-order chi connectivity index (χ1) is 6.21. The van der Waals surface area contributed by atoms with Crippen LogP contribution in [0.25, 0.3) is 0 Å². The second kappa shape index (κ2) is 3.72. The van der Waals surface area contributed by atoms with E-state index >= 15 is 0 Å². The van der Waals surface area contributed by atoms with Gasteiger partial charge in [-0.15, -0.1) is 0 Å². The fourth-order valence-corrected chi connectivity index (χ4v) is 1.40. The quantitative estimate of drug-likeness (QED) is 0.472. The maximum Gasteiger partial charge on any atom is 0.282 e. The summed E-state index contributed by atoms with van der Waals surface area (Å²) in [5, 5.41) is 0. The van der Waals surface area contributed by atoms with Crippen LogP contribution in [0.2, 0.25) is 0 Å². The van der Waals surface area contributed by atoms with E-state index in [0.29, 0.717) is 5.57 Å². The highest BCUT2D eigenvalue weighted by atomic mass is 16.7. The Labute approximate surface area is 77.4 Å². The van der Waals surface area contributed by atoms with Crippen LogP contribution in [-0.2, 0) is 14.3 Å². The Hall–Kier alpha value is -1.13. The summed E-state index contributed by atoms with van der Waals surface area (Å²) in [6, 6.07) is 0. The molecule has 0 radical (unpaired) electrons. The van der Waals surface area contributed by atoms with Crippen LogP contribution in [-0.4, -0.2) is 38.4 Å². The minimum atomic E-state index is -1.07. The minimum absolute atomic E-state index is 0.447. The number of carbonyl (C=O) groups excluding carboxylic acids is 1. The first-order valence-corrected chi connectivity index (χ1v) is 3.88. The number of methoxy groups -OCH3 is 2. The van der Waals surface area contributed by atoms with Crippen molar-refractivity contribution in [2.45, 2.75) is 5.91 Å². The van der Waals surface area contributed by atoms with Gasteiger partial charge < -0.3 is 14.4 Å². The van der Waals surface area contributed by atoms with Crippen molar-refractivity contribution in [2.75, 3.05) is 21.3 Å². The van der Waals surface area contributed by atoms with Crippen molar-refractivity contribution >= 4 is 6.29 Å². The minimum Gasteiger partial charge on any atom is -0.332 e. The molecule has 0 fully saturated rings. The van der Waals surface area contributed by atoms with Crippen molar-refractivity contribution in [3.05, 3.63) is 23.9 Å². The number of aldehydes is 1. The Balaban J connectivity index is 3.09. The number of hydrogen-bond acceptors (Lipinski definition) is 4. The summed E-state index contributed by atoms with van der Waals surface area (Å²) in [5.74, 6) is -1.07. The van der Waals surface area contributed by atoms with Crippen molar-refractivity contribution in [3.8, 4) is 0 Å². The van der Waals surface area contributed by atoms with Gasteiger partial charge in [0.15, 0.2) is 6.29 Å². The zero-order valence-electron chi connectivity index (χ0n) is 7.98. The van der Waals surface area contributed by atoms with E-state index in [2.05, 4.69) is 0 Å². The highest BCUT2D eigenvalue weighted by Crippen LogP contribution is 2.27. The van der Waals surface area contributed by atoms with Crippen molar-refractivity contribution < 1.29 is 14.3 Å². The highest BCUT2D eigenvalue weighted by Gasteiger charge is 2.39. The van der Waals surface area contributed by atoms with E-state index in [1.165, 1.54) is 14.2 Å². The molecule has 0 N–H and O–H groups in total. The molecule has 72 valence electrons. The maximum absolute atomic E-state index is 10.8. The van der Waals surface area contributed by atoms with Crippen LogP contribution in [0, 0.1) is 0 Å². The predicted octanol–water partition coefficient (Wildman–Crippen LogP) is 0.517. The summed E-state index contributed by atoms with van der Waals surface area (Å²) in [6.45, 7) is 0. The first-order valence-electron chi connectivity index (χ1n) is 3.88. The van der Waals surface area contributed by atoms with Crippen LogP contribution in [0.5, 0.6) is 0 Å². The van der Waals surface area contributed by atoms with Crippen LogP contribution < -0.4 is 0 Å². The van der Waals surface area contributed by atoms with E-state index < -0.39 is 5.91 Å². The van der Waals surface area contributed by atoms with Gasteiger partial charge in [0.1, 0.15) is 0 Å². The Morgan fingerprint density at radius 1 is 1.46 bits per heavy atom. The topological polar surface area (TPSA) is 38.8 Å². The third kappa shape index (κ3) is 1.38. The second-order valence-corrected chi connectivity index (χ2v) is 2.68.